The second-order valence-corrected chi connectivity index (χ2v) is 17.9. The summed E-state index contributed by atoms with van der Waals surface area (Å²) in [6.45, 7) is 0. The Balaban J connectivity index is 0.959. The van der Waals surface area contributed by atoms with E-state index in [2.05, 4.69) is 211 Å². The summed E-state index contributed by atoms with van der Waals surface area (Å²) >= 11 is 0. The van der Waals surface area contributed by atoms with Crippen molar-refractivity contribution in [3.63, 3.8) is 0 Å². The predicted molar refractivity (Wildman–Crippen MR) is 280 cm³/mol. The summed E-state index contributed by atoms with van der Waals surface area (Å²) in [7, 11) is 0. The third kappa shape index (κ3) is 6.00. The maximum atomic E-state index is 6.69. The van der Waals surface area contributed by atoms with Gasteiger partial charge in [-0.05, 0) is 81.4 Å². The molecule has 14 rings (SSSR count). The van der Waals surface area contributed by atoms with Crippen molar-refractivity contribution in [3.05, 3.63) is 265 Å². The van der Waals surface area contributed by atoms with Gasteiger partial charge in [0.25, 0.3) is 0 Å². The van der Waals surface area contributed by atoms with Gasteiger partial charge in [0.1, 0.15) is 11.2 Å². The molecule has 0 amide bonds. The van der Waals surface area contributed by atoms with Gasteiger partial charge in [-0.3, -0.25) is 0 Å². The van der Waals surface area contributed by atoms with Gasteiger partial charge in [-0.15, -0.1) is 0 Å². The Kier molecular flexibility index (Phi) is 8.73. The van der Waals surface area contributed by atoms with Crippen molar-refractivity contribution in [2.45, 2.75) is 5.41 Å². The molecule has 13 aromatic rings. The van der Waals surface area contributed by atoms with Gasteiger partial charge in [0, 0.05) is 49.5 Å². The Morgan fingerprint density at radius 1 is 0.333 bits per heavy atom. The van der Waals surface area contributed by atoms with Crippen LogP contribution in [0.2, 0.25) is 0 Å². The van der Waals surface area contributed by atoms with E-state index in [-0.39, 0.29) is 0 Å². The molecule has 0 bridgehead atoms. The number of para-hydroxylation sites is 2. The van der Waals surface area contributed by atoms with Gasteiger partial charge in [0.05, 0.1) is 16.4 Å². The molecule has 0 fully saturated rings. The molecule has 10 aromatic carbocycles. The molecule has 1 aliphatic carbocycles. The van der Waals surface area contributed by atoms with E-state index in [0.29, 0.717) is 17.5 Å². The molecule has 0 aliphatic heterocycles. The number of nitrogens with zero attached hydrogens (tertiary/aromatic N) is 4. The zero-order chi connectivity index (χ0) is 45.5. The van der Waals surface area contributed by atoms with Crippen molar-refractivity contribution < 1.29 is 4.42 Å². The minimum atomic E-state index is -0.531. The maximum absolute atomic E-state index is 6.69. The number of rotatable bonds is 7. The zero-order valence-electron chi connectivity index (χ0n) is 37.3. The van der Waals surface area contributed by atoms with Gasteiger partial charge in [-0.2, -0.15) is 0 Å². The monoisotopic (exact) mass is 880 g/mol. The lowest BCUT2D eigenvalue weighted by Crippen LogP contribution is -2.28. The molecule has 0 N–H and O–H groups in total. The molecule has 3 aromatic heterocycles. The van der Waals surface area contributed by atoms with Crippen molar-refractivity contribution in [1.29, 1.82) is 0 Å². The van der Waals surface area contributed by atoms with E-state index in [1.807, 2.05) is 36.4 Å². The first-order valence-electron chi connectivity index (χ1n) is 23.4. The molecule has 0 unspecified atom stereocenters. The lowest BCUT2D eigenvalue weighted by atomic mass is 9.67. The molecule has 69 heavy (non-hydrogen) atoms. The predicted octanol–water partition coefficient (Wildman–Crippen LogP) is 15.9. The lowest BCUT2D eigenvalue weighted by Gasteiger charge is -2.34. The van der Waals surface area contributed by atoms with E-state index in [9.17, 15) is 0 Å². The molecule has 3 heterocycles. The Bertz CT molecular complexity index is 4080. The molecule has 0 radical (unpaired) electrons. The van der Waals surface area contributed by atoms with Crippen LogP contribution in [0.5, 0.6) is 0 Å². The number of benzene rings is 10. The van der Waals surface area contributed by atoms with Gasteiger partial charge >= 0.3 is 0 Å². The normalized spacial score (nSPS) is 12.8. The van der Waals surface area contributed by atoms with Crippen molar-refractivity contribution in [3.8, 4) is 62.1 Å². The number of hydrogen-bond donors (Lipinski definition) is 0. The Morgan fingerprint density at radius 3 is 1.64 bits per heavy atom. The summed E-state index contributed by atoms with van der Waals surface area (Å²) in [6.07, 6.45) is 0. The first kappa shape index (κ1) is 39.0. The van der Waals surface area contributed by atoms with E-state index in [1.165, 1.54) is 44.2 Å². The van der Waals surface area contributed by atoms with E-state index >= 15 is 0 Å². The number of hydrogen-bond acceptors (Lipinski definition) is 4. The number of furan rings is 1. The molecular weight excluding hydrogens is 841 g/mol. The average Bonchev–Trinajstić information content (AvgIpc) is 4.07. The van der Waals surface area contributed by atoms with Crippen LogP contribution in [0.25, 0.3) is 106 Å². The number of fused-ring (bicyclic) bond motifs is 9. The van der Waals surface area contributed by atoms with Crippen LogP contribution in [-0.4, -0.2) is 19.5 Å². The Hall–Kier alpha value is -9.19. The smallest absolute Gasteiger partial charge is 0.164 e. The van der Waals surface area contributed by atoms with E-state index in [4.69, 9.17) is 19.4 Å². The summed E-state index contributed by atoms with van der Waals surface area (Å²) < 4.78 is 9.11. The van der Waals surface area contributed by atoms with E-state index in [1.54, 1.807) is 0 Å². The molecule has 1 aliphatic rings. The first-order chi connectivity index (χ1) is 34.2. The van der Waals surface area contributed by atoms with Crippen LogP contribution < -0.4 is 0 Å². The highest BCUT2D eigenvalue weighted by molar-refractivity contribution is 6.12. The maximum Gasteiger partial charge on any atom is 0.164 e. The molecule has 0 saturated carbocycles. The first-order valence-corrected chi connectivity index (χ1v) is 23.4. The van der Waals surface area contributed by atoms with E-state index in [0.717, 1.165) is 66.5 Å². The minimum absolute atomic E-state index is 0.531. The van der Waals surface area contributed by atoms with Crippen LogP contribution in [0.3, 0.4) is 0 Å². The van der Waals surface area contributed by atoms with Gasteiger partial charge < -0.3 is 8.98 Å². The molecule has 5 heteroatoms. The SMILES string of the molecule is c1ccc(-c2nc(-c3cccc(-n4c5ccccc5c5cc6c(cc54)C(c4ccccc4)(c4ccccc4)c4ccccc4-6)c3)nc(-c3ccc4c(c3)oc3c(-c5ccccc5)cccc34)n2)cc1. The highest BCUT2D eigenvalue weighted by Crippen LogP contribution is 2.57. The topological polar surface area (TPSA) is 56.7 Å². The van der Waals surface area contributed by atoms with Crippen molar-refractivity contribution in [2.24, 2.45) is 0 Å². The lowest BCUT2D eigenvalue weighted by molar-refractivity contribution is 0.670. The highest BCUT2D eigenvalue weighted by Gasteiger charge is 2.46. The molecule has 0 saturated heterocycles. The fourth-order valence-electron chi connectivity index (χ4n) is 11.1. The standard InChI is InChI=1S/C64H40N4O/c1-5-19-41(20-6-1)48-31-18-32-52-51-36-35-44(38-59(51)69-60(48)52)63-66-61(42-21-7-2-8-22-42)65-62(67-63)43-23-17-28-47(37-43)68-57-34-16-14-30-50(57)54-39-53-49-29-13-15-33-55(49)64(56(53)40-58(54)68,45-24-9-3-10-25-45)46-26-11-4-12-27-46/h1-40H. The van der Waals surface area contributed by atoms with Crippen LogP contribution in [0.1, 0.15) is 22.3 Å². The quantitative estimate of drug-likeness (QED) is 0.160. The third-order valence-corrected chi connectivity index (χ3v) is 14.1. The summed E-state index contributed by atoms with van der Waals surface area (Å²) in [5, 5.41) is 4.51. The van der Waals surface area contributed by atoms with Gasteiger partial charge in [0.2, 0.25) is 0 Å². The molecular formula is C64H40N4O. The summed E-state index contributed by atoms with van der Waals surface area (Å²) in [6, 6.07) is 86.4. The zero-order valence-corrected chi connectivity index (χ0v) is 37.3. The molecule has 0 atom stereocenters. The minimum Gasteiger partial charge on any atom is -0.455 e. The van der Waals surface area contributed by atoms with Crippen LogP contribution in [-0.2, 0) is 5.41 Å². The Morgan fingerprint density at radius 2 is 0.899 bits per heavy atom. The van der Waals surface area contributed by atoms with Gasteiger partial charge in [-0.1, -0.05) is 200 Å². The van der Waals surface area contributed by atoms with Gasteiger partial charge in [-0.25, -0.2) is 15.0 Å². The summed E-state index contributed by atoms with van der Waals surface area (Å²) in [5.74, 6) is 1.75. The number of aromatic nitrogens is 4. The van der Waals surface area contributed by atoms with Crippen LogP contribution in [0.15, 0.2) is 247 Å². The van der Waals surface area contributed by atoms with Gasteiger partial charge in [0.15, 0.2) is 17.5 Å². The van der Waals surface area contributed by atoms with Crippen LogP contribution >= 0.6 is 0 Å². The molecule has 322 valence electrons. The summed E-state index contributed by atoms with van der Waals surface area (Å²) in [5.41, 5.74) is 16.7. The highest BCUT2D eigenvalue weighted by atomic mass is 16.3. The third-order valence-electron chi connectivity index (χ3n) is 14.1. The van der Waals surface area contributed by atoms with Crippen LogP contribution in [0, 0.1) is 0 Å². The van der Waals surface area contributed by atoms with Crippen molar-refractivity contribution >= 4 is 43.7 Å². The fraction of sp³-hybridized carbons (Fsp3) is 0.0156. The second kappa shape index (κ2) is 15.4. The molecule has 0 spiro atoms. The van der Waals surface area contributed by atoms with Crippen LogP contribution in [0.4, 0.5) is 0 Å². The largest absolute Gasteiger partial charge is 0.455 e. The van der Waals surface area contributed by atoms with Crippen molar-refractivity contribution in [2.75, 3.05) is 0 Å². The second-order valence-electron chi connectivity index (χ2n) is 17.9. The summed E-state index contributed by atoms with van der Waals surface area (Å²) in [4.78, 5) is 15.6. The van der Waals surface area contributed by atoms with Crippen molar-refractivity contribution in [1.82, 2.24) is 19.5 Å². The average molecular weight is 881 g/mol. The molecule has 5 nitrogen and oxygen atoms in total. The fourth-order valence-corrected chi connectivity index (χ4v) is 11.1. The van der Waals surface area contributed by atoms with E-state index < -0.39 is 5.41 Å². The Labute approximate surface area is 398 Å².